The average Bonchev–Trinajstić information content (AvgIpc) is 2.59. The van der Waals surface area contributed by atoms with Crippen LogP contribution in [0.15, 0.2) is 0 Å². The summed E-state index contributed by atoms with van der Waals surface area (Å²) in [6, 6.07) is 0. The normalized spacial score (nSPS) is 54.0. The number of ether oxygens (including phenoxy) is 1. The van der Waals surface area contributed by atoms with E-state index in [-0.39, 0.29) is 5.60 Å². The number of halogens is 1. The predicted molar refractivity (Wildman–Crippen MR) is 65.3 cm³/mol. The molecule has 86 valence electrons. The number of hydrogen-bond acceptors (Lipinski definition) is 1. The minimum absolute atomic E-state index is 0.123. The standard InChI is InChI=1S/C13H21BrO/c1-12(9-14)6-7-13(15-12)8-10-2-4-11(13)5-3-10/h10-11H,2-9H2,1H3. The minimum Gasteiger partial charge on any atom is -0.368 e. The van der Waals surface area contributed by atoms with Gasteiger partial charge in [0.25, 0.3) is 0 Å². The quantitative estimate of drug-likeness (QED) is 0.658. The van der Waals surface area contributed by atoms with Crippen molar-refractivity contribution in [1.82, 2.24) is 0 Å². The second-order valence-electron chi connectivity index (χ2n) is 6.17. The lowest BCUT2D eigenvalue weighted by Gasteiger charge is -2.50. The molecule has 1 nitrogen and oxygen atoms in total. The predicted octanol–water partition coefficient (Wildman–Crippen LogP) is 3.90. The molecular formula is C13H21BrO. The largest absolute Gasteiger partial charge is 0.368 e. The highest BCUT2D eigenvalue weighted by molar-refractivity contribution is 9.09. The van der Waals surface area contributed by atoms with Crippen LogP contribution < -0.4 is 0 Å². The van der Waals surface area contributed by atoms with Gasteiger partial charge in [-0.3, -0.25) is 0 Å². The number of alkyl halides is 1. The van der Waals surface area contributed by atoms with Crippen LogP contribution >= 0.6 is 15.9 Å². The van der Waals surface area contributed by atoms with Crippen LogP contribution in [0.1, 0.15) is 51.9 Å². The first-order valence-corrected chi connectivity index (χ1v) is 7.54. The van der Waals surface area contributed by atoms with Crippen molar-refractivity contribution in [2.45, 2.75) is 63.1 Å². The molecule has 2 unspecified atom stereocenters. The second kappa shape index (κ2) is 3.46. The maximum atomic E-state index is 6.51. The van der Waals surface area contributed by atoms with Gasteiger partial charge in [-0.2, -0.15) is 0 Å². The fourth-order valence-electron chi connectivity index (χ4n) is 4.14. The Morgan fingerprint density at radius 1 is 1.20 bits per heavy atom. The summed E-state index contributed by atoms with van der Waals surface area (Å²) in [5, 5.41) is 0.999. The Labute approximate surface area is 101 Å². The summed E-state index contributed by atoms with van der Waals surface area (Å²) in [6.45, 7) is 2.28. The molecule has 0 aromatic rings. The van der Waals surface area contributed by atoms with Crippen LogP contribution in [0.3, 0.4) is 0 Å². The number of fused-ring (bicyclic) bond motifs is 2. The SMILES string of the molecule is CC1(CBr)CCC2(CC3CCC2CC3)O1. The molecule has 0 aromatic carbocycles. The zero-order valence-corrected chi connectivity index (χ0v) is 11.2. The number of rotatable bonds is 1. The van der Waals surface area contributed by atoms with Gasteiger partial charge in [0.2, 0.25) is 0 Å². The highest BCUT2D eigenvalue weighted by Gasteiger charge is 2.54. The van der Waals surface area contributed by atoms with Gasteiger partial charge in [0, 0.05) is 5.33 Å². The summed E-state index contributed by atoms with van der Waals surface area (Å²) in [4.78, 5) is 0. The third-order valence-corrected chi connectivity index (χ3v) is 6.22. The molecule has 1 aliphatic heterocycles. The van der Waals surface area contributed by atoms with Gasteiger partial charge in [0.1, 0.15) is 0 Å². The van der Waals surface area contributed by atoms with Crippen molar-refractivity contribution in [3.05, 3.63) is 0 Å². The van der Waals surface area contributed by atoms with E-state index < -0.39 is 0 Å². The fourth-order valence-corrected chi connectivity index (χ4v) is 4.54. The Kier molecular flexibility index (Phi) is 2.44. The van der Waals surface area contributed by atoms with Crippen molar-refractivity contribution in [2.24, 2.45) is 11.8 Å². The molecule has 4 aliphatic rings. The smallest absolute Gasteiger partial charge is 0.0759 e. The molecule has 0 aromatic heterocycles. The zero-order chi connectivity index (χ0) is 10.5. The third kappa shape index (κ3) is 1.59. The van der Waals surface area contributed by atoms with Gasteiger partial charge in [0.15, 0.2) is 0 Å². The number of hydrogen-bond donors (Lipinski definition) is 0. The monoisotopic (exact) mass is 272 g/mol. The molecule has 15 heavy (non-hydrogen) atoms. The molecular weight excluding hydrogens is 252 g/mol. The van der Waals surface area contributed by atoms with E-state index in [4.69, 9.17) is 4.74 Å². The lowest BCUT2D eigenvalue weighted by Crippen LogP contribution is -2.48. The van der Waals surface area contributed by atoms with E-state index in [2.05, 4.69) is 22.9 Å². The van der Waals surface area contributed by atoms with Gasteiger partial charge in [-0.05, 0) is 63.7 Å². The zero-order valence-electron chi connectivity index (χ0n) is 9.60. The molecule has 2 heteroatoms. The average molecular weight is 273 g/mol. The Bertz CT molecular complexity index is 259. The maximum absolute atomic E-state index is 6.51. The van der Waals surface area contributed by atoms with Crippen LogP contribution in [0.4, 0.5) is 0 Å². The molecule has 2 atom stereocenters. The Morgan fingerprint density at radius 2 is 1.93 bits per heavy atom. The third-order valence-electron chi connectivity index (χ3n) is 5.03. The summed E-state index contributed by atoms with van der Waals surface area (Å²) >= 11 is 3.61. The Balaban J connectivity index is 1.81. The van der Waals surface area contributed by atoms with E-state index in [0.717, 1.165) is 17.2 Å². The van der Waals surface area contributed by atoms with E-state index in [1.54, 1.807) is 0 Å². The molecule has 1 heterocycles. The fraction of sp³-hybridized carbons (Fsp3) is 1.00. The second-order valence-corrected chi connectivity index (χ2v) is 6.73. The minimum atomic E-state index is 0.123. The van der Waals surface area contributed by atoms with Crippen LogP contribution in [0.5, 0.6) is 0 Å². The van der Waals surface area contributed by atoms with E-state index >= 15 is 0 Å². The summed E-state index contributed by atoms with van der Waals surface area (Å²) in [6.07, 6.45) is 9.74. The van der Waals surface area contributed by atoms with Gasteiger partial charge in [0.05, 0.1) is 11.2 Å². The van der Waals surface area contributed by atoms with Crippen molar-refractivity contribution >= 4 is 15.9 Å². The molecule has 4 fully saturated rings. The van der Waals surface area contributed by atoms with Crippen LogP contribution in [-0.2, 0) is 4.74 Å². The summed E-state index contributed by atoms with van der Waals surface area (Å²) < 4.78 is 6.51. The maximum Gasteiger partial charge on any atom is 0.0759 e. The van der Waals surface area contributed by atoms with Gasteiger partial charge in [-0.1, -0.05) is 15.9 Å². The first-order chi connectivity index (χ1) is 7.16. The highest BCUT2D eigenvalue weighted by Crippen LogP contribution is 2.56. The van der Waals surface area contributed by atoms with Gasteiger partial charge in [-0.15, -0.1) is 0 Å². The van der Waals surface area contributed by atoms with Crippen LogP contribution in [0.2, 0.25) is 0 Å². The topological polar surface area (TPSA) is 9.23 Å². The molecule has 0 N–H and O–H groups in total. The molecule has 1 saturated heterocycles. The summed E-state index contributed by atoms with van der Waals surface area (Å²) in [5.41, 5.74) is 0.418. The summed E-state index contributed by atoms with van der Waals surface area (Å²) in [7, 11) is 0. The van der Waals surface area contributed by atoms with Crippen molar-refractivity contribution in [3.63, 3.8) is 0 Å². The first kappa shape index (κ1) is 10.6. The van der Waals surface area contributed by atoms with Gasteiger partial charge in [-0.25, -0.2) is 0 Å². The van der Waals surface area contributed by atoms with Crippen LogP contribution in [-0.4, -0.2) is 16.5 Å². The molecule has 3 aliphatic carbocycles. The van der Waals surface area contributed by atoms with Crippen molar-refractivity contribution < 1.29 is 4.74 Å². The molecule has 0 amide bonds. The lowest BCUT2D eigenvalue weighted by molar-refractivity contribution is -0.159. The van der Waals surface area contributed by atoms with Crippen LogP contribution in [0.25, 0.3) is 0 Å². The van der Waals surface area contributed by atoms with E-state index in [1.165, 1.54) is 44.9 Å². The van der Waals surface area contributed by atoms with Crippen molar-refractivity contribution in [2.75, 3.05) is 5.33 Å². The van der Waals surface area contributed by atoms with E-state index in [0.29, 0.717) is 5.60 Å². The molecule has 2 bridgehead atoms. The van der Waals surface area contributed by atoms with Crippen LogP contribution in [0, 0.1) is 11.8 Å². The first-order valence-electron chi connectivity index (χ1n) is 6.42. The van der Waals surface area contributed by atoms with Gasteiger partial charge < -0.3 is 4.74 Å². The highest BCUT2D eigenvalue weighted by atomic mass is 79.9. The van der Waals surface area contributed by atoms with E-state index in [9.17, 15) is 0 Å². The molecule has 0 radical (unpaired) electrons. The molecule has 1 spiro atoms. The molecule has 3 saturated carbocycles. The van der Waals surface area contributed by atoms with E-state index in [1.807, 2.05) is 0 Å². The summed E-state index contributed by atoms with van der Waals surface area (Å²) in [5.74, 6) is 1.86. The Morgan fingerprint density at radius 3 is 2.40 bits per heavy atom. The van der Waals surface area contributed by atoms with Crippen molar-refractivity contribution in [1.29, 1.82) is 0 Å². The van der Waals surface area contributed by atoms with Gasteiger partial charge >= 0.3 is 0 Å². The molecule has 4 rings (SSSR count). The lowest BCUT2D eigenvalue weighted by atomic mass is 9.61. The Hall–Kier alpha value is 0.440. The van der Waals surface area contributed by atoms with Crippen molar-refractivity contribution in [3.8, 4) is 0 Å².